The number of rotatable bonds is 3. The molecule has 0 aromatic carbocycles. The lowest BCUT2D eigenvalue weighted by Gasteiger charge is -2.04. The van der Waals surface area contributed by atoms with Crippen LogP contribution in [0.5, 0.6) is 0 Å². The summed E-state index contributed by atoms with van der Waals surface area (Å²) < 4.78 is 0. The van der Waals surface area contributed by atoms with Gasteiger partial charge in [-0.1, -0.05) is 23.2 Å². The van der Waals surface area contributed by atoms with Gasteiger partial charge in [-0.25, -0.2) is 0 Å². The van der Waals surface area contributed by atoms with Gasteiger partial charge in [0.1, 0.15) is 0 Å². The van der Waals surface area contributed by atoms with E-state index >= 15 is 0 Å². The molecule has 0 saturated heterocycles. The Kier molecular flexibility index (Phi) is 3.99. The van der Waals surface area contributed by atoms with Crippen LogP contribution in [0, 0.1) is 0 Å². The molecule has 3 nitrogen and oxygen atoms in total. The van der Waals surface area contributed by atoms with E-state index in [1.165, 1.54) is 0 Å². The summed E-state index contributed by atoms with van der Waals surface area (Å²) in [6, 6.07) is 3.61. The molecule has 5 heteroatoms. The van der Waals surface area contributed by atoms with Crippen molar-refractivity contribution in [3.8, 4) is 0 Å². The number of carbonyl (C=O) groups excluding carboxylic acids is 1. The predicted octanol–water partition coefficient (Wildman–Crippen LogP) is 1.50. The van der Waals surface area contributed by atoms with Crippen molar-refractivity contribution in [2.75, 3.05) is 0 Å². The minimum atomic E-state index is -1.01. The quantitative estimate of drug-likeness (QED) is 0.782. The van der Waals surface area contributed by atoms with E-state index in [9.17, 15) is 4.79 Å². The molecule has 0 atom stereocenters. The first-order valence-electron chi connectivity index (χ1n) is 3.65. The average molecular weight is 219 g/mol. The maximum absolute atomic E-state index is 10.9. The van der Waals surface area contributed by atoms with E-state index in [1.807, 2.05) is 0 Å². The SMILES string of the molecule is O=C(NCc1ccncc1)C(Cl)Cl. The molecule has 1 amide bonds. The second-order valence-corrected chi connectivity index (χ2v) is 3.47. The molecule has 1 N–H and O–H groups in total. The number of aromatic nitrogens is 1. The Morgan fingerprint density at radius 2 is 2.08 bits per heavy atom. The minimum absolute atomic E-state index is 0.389. The maximum atomic E-state index is 10.9. The molecule has 1 aromatic rings. The molecule has 70 valence electrons. The van der Waals surface area contributed by atoms with Crippen molar-refractivity contribution in [2.24, 2.45) is 0 Å². The molecule has 0 radical (unpaired) electrons. The molecule has 0 aliphatic heterocycles. The minimum Gasteiger partial charge on any atom is -0.350 e. The van der Waals surface area contributed by atoms with E-state index in [-0.39, 0.29) is 5.91 Å². The van der Waals surface area contributed by atoms with E-state index in [2.05, 4.69) is 10.3 Å². The third kappa shape index (κ3) is 3.61. The number of nitrogens with one attached hydrogen (secondary N) is 1. The molecule has 1 rings (SSSR count). The average Bonchev–Trinajstić information content (AvgIpc) is 2.15. The molecule has 13 heavy (non-hydrogen) atoms. The van der Waals surface area contributed by atoms with Crippen LogP contribution in [0.1, 0.15) is 5.56 Å². The summed E-state index contributed by atoms with van der Waals surface area (Å²) in [5.74, 6) is -0.389. The van der Waals surface area contributed by atoms with Gasteiger partial charge in [-0.05, 0) is 17.7 Å². The van der Waals surface area contributed by atoms with Crippen molar-refractivity contribution in [3.63, 3.8) is 0 Å². The number of nitrogens with zero attached hydrogens (tertiary/aromatic N) is 1. The summed E-state index contributed by atoms with van der Waals surface area (Å²) in [6.45, 7) is 0.414. The standard InChI is InChI=1S/C8H8Cl2N2O/c9-7(10)8(13)12-5-6-1-3-11-4-2-6/h1-4,7H,5H2,(H,12,13). The lowest BCUT2D eigenvalue weighted by Crippen LogP contribution is -2.27. The summed E-state index contributed by atoms with van der Waals surface area (Å²) in [5.41, 5.74) is 0.956. The number of amides is 1. The fraction of sp³-hybridized carbons (Fsp3) is 0.250. The fourth-order valence-corrected chi connectivity index (χ4v) is 0.921. The first-order chi connectivity index (χ1) is 6.20. The molecule has 0 bridgehead atoms. The van der Waals surface area contributed by atoms with Gasteiger partial charge in [-0.2, -0.15) is 0 Å². The van der Waals surface area contributed by atoms with Crippen LogP contribution in [-0.2, 0) is 11.3 Å². The first-order valence-corrected chi connectivity index (χ1v) is 4.52. The van der Waals surface area contributed by atoms with Gasteiger partial charge in [-0.15, -0.1) is 0 Å². The Labute approximate surface area is 86.1 Å². The zero-order valence-electron chi connectivity index (χ0n) is 6.71. The molecule has 0 unspecified atom stereocenters. The van der Waals surface area contributed by atoms with Crippen LogP contribution < -0.4 is 5.32 Å². The van der Waals surface area contributed by atoms with Crippen LogP contribution in [-0.4, -0.2) is 15.7 Å². The molecule has 0 saturated carbocycles. The van der Waals surface area contributed by atoms with E-state index in [0.717, 1.165) is 5.56 Å². The number of pyridine rings is 1. The van der Waals surface area contributed by atoms with Crippen LogP contribution in [0.4, 0.5) is 0 Å². The summed E-state index contributed by atoms with van der Waals surface area (Å²) >= 11 is 10.7. The summed E-state index contributed by atoms with van der Waals surface area (Å²) in [5, 5.41) is 2.57. The summed E-state index contributed by atoms with van der Waals surface area (Å²) in [7, 11) is 0. The zero-order chi connectivity index (χ0) is 9.68. The van der Waals surface area contributed by atoms with Crippen LogP contribution in [0.2, 0.25) is 0 Å². The van der Waals surface area contributed by atoms with E-state index in [4.69, 9.17) is 23.2 Å². The molecular formula is C8H8Cl2N2O. The van der Waals surface area contributed by atoms with Gasteiger partial charge in [0.15, 0.2) is 4.84 Å². The van der Waals surface area contributed by atoms with Crippen LogP contribution >= 0.6 is 23.2 Å². The monoisotopic (exact) mass is 218 g/mol. The highest BCUT2D eigenvalue weighted by Crippen LogP contribution is 2.02. The Morgan fingerprint density at radius 3 is 2.62 bits per heavy atom. The topological polar surface area (TPSA) is 42.0 Å². The van der Waals surface area contributed by atoms with Crippen molar-refractivity contribution in [2.45, 2.75) is 11.4 Å². The lowest BCUT2D eigenvalue weighted by atomic mass is 10.3. The highest BCUT2D eigenvalue weighted by molar-refractivity contribution is 6.53. The van der Waals surface area contributed by atoms with Gasteiger partial charge < -0.3 is 5.32 Å². The maximum Gasteiger partial charge on any atom is 0.253 e. The van der Waals surface area contributed by atoms with Gasteiger partial charge in [0.05, 0.1) is 0 Å². The molecule has 0 spiro atoms. The molecule has 1 heterocycles. The zero-order valence-corrected chi connectivity index (χ0v) is 8.22. The molecular weight excluding hydrogens is 211 g/mol. The third-order valence-corrected chi connectivity index (χ3v) is 1.81. The van der Waals surface area contributed by atoms with Gasteiger partial charge in [0.2, 0.25) is 0 Å². The van der Waals surface area contributed by atoms with Crippen molar-refractivity contribution < 1.29 is 4.79 Å². The third-order valence-electron chi connectivity index (χ3n) is 1.41. The molecule has 0 aliphatic carbocycles. The van der Waals surface area contributed by atoms with Crippen molar-refractivity contribution in [3.05, 3.63) is 30.1 Å². The number of halogens is 2. The Morgan fingerprint density at radius 1 is 1.46 bits per heavy atom. The van der Waals surface area contributed by atoms with Gasteiger partial charge in [-0.3, -0.25) is 9.78 Å². The van der Waals surface area contributed by atoms with Crippen LogP contribution in [0.3, 0.4) is 0 Å². The highest BCUT2D eigenvalue weighted by atomic mass is 35.5. The smallest absolute Gasteiger partial charge is 0.253 e. The largest absolute Gasteiger partial charge is 0.350 e. The van der Waals surface area contributed by atoms with E-state index in [1.54, 1.807) is 24.5 Å². The Hall–Kier alpha value is -0.800. The lowest BCUT2D eigenvalue weighted by molar-refractivity contribution is -0.119. The predicted molar refractivity (Wildman–Crippen MR) is 51.6 cm³/mol. The van der Waals surface area contributed by atoms with Gasteiger partial charge in [0.25, 0.3) is 5.91 Å². The number of carbonyl (C=O) groups is 1. The van der Waals surface area contributed by atoms with Crippen molar-refractivity contribution in [1.82, 2.24) is 10.3 Å². The summed E-state index contributed by atoms with van der Waals surface area (Å²) in [4.78, 5) is 13.8. The van der Waals surface area contributed by atoms with Gasteiger partial charge in [0, 0.05) is 18.9 Å². The highest BCUT2D eigenvalue weighted by Gasteiger charge is 2.09. The van der Waals surface area contributed by atoms with Crippen LogP contribution in [0.25, 0.3) is 0 Å². The number of hydrogen-bond acceptors (Lipinski definition) is 2. The Bertz CT molecular complexity index is 277. The van der Waals surface area contributed by atoms with Crippen molar-refractivity contribution >= 4 is 29.1 Å². The second-order valence-electron chi connectivity index (χ2n) is 2.37. The molecule has 0 aliphatic rings. The molecule has 0 fully saturated rings. The number of hydrogen-bond donors (Lipinski definition) is 1. The fourth-order valence-electron chi connectivity index (χ4n) is 0.767. The number of alkyl halides is 2. The van der Waals surface area contributed by atoms with E-state index < -0.39 is 4.84 Å². The second kappa shape index (κ2) is 5.04. The van der Waals surface area contributed by atoms with E-state index in [0.29, 0.717) is 6.54 Å². The van der Waals surface area contributed by atoms with Crippen molar-refractivity contribution in [1.29, 1.82) is 0 Å². The first kappa shape index (κ1) is 10.3. The molecule has 1 aromatic heterocycles. The Balaban J connectivity index is 2.40. The van der Waals surface area contributed by atoms with Crippen LogP contribution in [0.15, 0.2) is 24.5 Å². The summed E-state index contributed by atoms with van der Waals surface area (Å²) in [6.07, 6.45) is 3.31. The van der Waals surface area contributed by atoms with Gasteiger partial charge >= 0.3 is 0 Å². The normalized spacial score (nSPS) is 10.1.